The Morgan fingerprint density at radius 3 is 1.77 bits per heavy atom. The van der Waals surface area contributed by atoms with Crippen molar-refractivity contribution in [1.29, 1.82) is 0 Å². The highest BCUT2D eigenvalue weighted by Gasteiger charge is 2.24. The molecule has 0 saturated heterocycles. The number of hydrogen-bond donors (Lipinski definition) is 2. The quantitative estimate of drug-likeness (QED) is 0.708. The van der Waals surface area contributed by atoms with Crippen molar-refractivity contribution in [3.63, 3.8) is 0 Å². The summed E-state index contributed by atoms with van der Waals surface area (Å²) >= 11 is 0. The molecule has 0 saturated carbocycles. The summed E-state index contributed by atoms with van der Waals surface area (Å²) in [4.78, 5) is 0. The number of hydrogen-bond acceptors (Lipinski definition) is 2. The van der Waals surface area contributed by atoms with Crippen LogP contribution in [0.1, 0.15) is 41.5 Å². The van der Waals surface area contributed by atoms with E-state index in [-0.39, 0.29) is 23.5 Å². The Hall–Kier alpha value is -0.0800. The van der Waals surface area contributed by atoms with E-state index in [4.69, 9.17) is 0 Å². The first kappa shape index (κ1) is 12.9. The molecule has 0 aliphatic heterocycles. The van der Waals surface area contributed by atoms with Crippen LogP contribution in [0.2, 0.25) is 0 Å². The average Bonchev–Trinajstić information content (AvgIpc) is 1.82. The molecule has 0 radical (unpaired) electrons. The number of rotatable bonds is 3. The summed E-state index contributed by atoms with van der Waals surface area (Å²) in [6.45, 7) is 14.1. The topological polar surface area (TPSA) is 32.3 Å². The Bertz CT molecular complexity index is 141. The Morgan fingerprint density at radius 1 is 1.08 bits per heavy atom. The molecule has 0 aliphatic carbocycles. The van der Waals surface area contributed by atoms with Crippen LogP contribution < -0.4 is 5.32 Å². The van der Waals surface area contributed by atoms with Gasteiger partial charge in [0.15, 0.2) is 0 Å². The predicted octanol–water partition coefficient (Wildman–Crippen LogP) is 2.03. The lowest BCUT2D eigenvalue weighted by Gasteiger charge is -2.32. The minimum Gasteiger partial charge on any atom is -0.395 e. The Kier molecular flexibility index (Phi) is 4.40. The highest BCUT2D eigenvalue weighted by Crippen LogP contribution is 2.20. The van der Waals surface area contributed by atoms with Gasteiger partial charge in [0.1, 0.15) is 0 Å². The fourth-order valence-electron chi connectivity index (χ4n) is 1.07. The third-order valence-electron chi connectivity index (χ3n) is 2.11. The summed E-state index contributed by atoms with van der Waals surface area (Å²) in [7, 11) is 0. The standard InChI is InChI=1S/C11H25NO/c1-10(2,3)8-12-9(7-13)11(4,5)6/h9,12-13H,7-8H2,1-6H3/t9-/m1/s1. The van der Waals surface area contributed by atoms with Crippen LogP contribution in [0.5, 0.6) is 0 Å². The highest BCUT2D eigenvalue weighted by atomic mass is 16.3. The first-order chi connectivity index (χ1) is 5.67. The van der Waals surface area contributed by atoms with Gasteiger partial charge in [-0.15, -0.1) is 0 Å². The summed E-state index contributed by atoms with van der Waals surface area (Å²) < 4.78 is 0. The van der Waals surface area contributed by atoms with Gasteiger partial charge in [-0.3, -0.25) is 0 Å². The van der Waals surface area contributed by atoms with Crippen molar-refractivity contribution in [2.24, 2.45) is 10.8 Å². The van der Waals surface area contributed by atoms with Crippen molar-refractivity contribution in [3.8, 4) is 0 Å². The zero-order chi connectivity index (χ0) is 10.7. The summed E-state index contributed by atoms with van der Waals surface area (Å²) in [5, 5.41) is 12.6. The normalized spacial score (nSPS) is 15.9. The summed E-state index contributed by atoms with van der Waals surface area (Å²) in [5.41, 5.74) is 0.401. The van der Waals surface area contributed by atoms with Crippen LogP contribution in [-0.2, 0) is 0 Å². The maximum absolute atomic E-state index is 9.20. The van der Waals surface area contributed by atoms with Gasteiger partial charge in [-0.1, -0.05) is 41.5 Å². The van der Waals surface area contributed by atoms with Gasteiger partial charge < -0.3 is 10.4 Å². The fraction of sp³-hybridized carbons (Fsp3) is 1.00. The SMILES string of the molecule is CC(C)(C)CN[C@H](CO)C(C)(C)C. The van der Waals surface area contributed by atoms with E-state index in [0.717, 1.165) is 6.54 Å². The third kappa shape index (κ3) is 6.05. The number of nitrogens with one attached hydrogen (secondary N) is 1. The van der Waals surface area contributed by atoms with Gasteiger partial charge >= 0.3 is 0 Å². The first-order valence-corrected chi connectivity index (χ1v) is 5.01. The van der Waals surface area contributed by atoms with E-state index in [1.807, 2.05) is 0 Å². The highest BCUT2D eigenvalue weighted by molar-refractivity contribution is 4.81. The molecular weight excluding hydrogens is 162 g/mol. The minimum absolute atomic E-state index is 0.125. The van der Waals surface area contributed by atoms with Gasteiger partial charge in [-0.25, -0.2) is 0 Å². The number of aliphatic hydroxyl groups is 1. The minimum atomic E-state index is 0.125. The first-order valence-electron chi connectivity index (χ1n) is 5.01. The lowest BCUT2D eigenvalue weighted by Crippen LogP contribution is -2.46. The summed E-state index contributed by atoms with van der Waals surface area (Å²) in [6.07, 6.45) is 0. The maximum Gasteiger partial charge on any atom is 0.0589 e. The van der Waals surface area contributed by atoms with Crippen LogP contribution in [0.3, 0.4) is 0 Å². The largest absolute Gasteiger partial charge is 0.395 e. The molecule has 0 spiro atoms. The second kappa shape index (κ2) is 4.43. The van der Waals surface area contributed by atoms with Crippen LogP contribution in [0, 0.1) is 10.8 Å². The van der Waals surface area contributed by atoms with E-state index in [2.05, 4.69) is 46.9 Å². The van der Waals surface area contributed by atoms with Crippen molar-refractivity contribution in [2.75, 3.05) is 13.2 Å². The summed E-state index contributed by atoms with van der Waals surface area (Å²) in [5.74, 6) is 0. The molecule has 0 bridgehead atoms. The van der Waals surface area contributed by atoms with E-state index in [1.54, 1.807) is 0 Å². The van der Waals surface area contributed by atoms with Crippen LogP contribution >= 0.6 is 0 Å². The monoisotopic (exact) mass is 187 g/mol. The zero-order valence-corrected chi connectivity index (χ0v) is 9.94. The number of aliphatic hydroxyl groups excluding tert-OH is 1. The molecular formula is C11H25NO. The Morgan fingerprint density at radius 2 is 1.54 bits per heavy atom. The molecule has 13 heavy (non-hydrogen) atoms. The molecule has 2 nitrogen and oxygen atoms in total. The molecule has 2 N–H and O–H groups in total. The third-order valence-corrected chi connectivity index (χ3v) is 2.11. The van der Waals surface area contributed by atoms with E-state index >= 15 is 0 Å². The van der Waals surface area contributed by atoms with Gasteiger partial charge in [0.25, 0.3) is 0 Å². The maximum atomic E-state index is 9.20. The van der Waals surface area contributed by atoms with E-state index in [1.165, 1.54) is 0 Å². The molecule has 0 aromatic heterocycles. The van der Waals surface area contributed by atoms with Gasteiger partial charge in [0, 0.05) is 12.6 Å². The lowest BCUT2D eigenvalue weighted by molar-refractivity contribution is 0.148. The second-order valence-corrected chi connectivity index (χ2v) is 6.04. The molecule has 0 fully saturated rings. The van der Waals surface area contributed by atoms with Crippen LogP contribution in [0.25, 0.3) is 0 Å². The van der Waals surface area contributed by atoms with Crippen molar-refractivity contribution in [3.05, 3.63) is 0 Å². The van der Waals surface area contributed by atoms with Crippen LogP contribution in [0.4, 0.5) is 0 Å². The Balaban J connectivity index is 4.02. The second-order valence-electron chi connectivity index (χ2n) is 6.04. The van der Waals surface area contributed by atoms with Gasteiger partial charge in [0.2, 0.25) is 0 Å². The van der Waals surface area contributed by atoms with Gasteiger partial charge in [-0.05, 0) is 10.8 Å². The zero-order valence-electron chi connectivity index (χ0n) is 9.94. The molecule has 0 aliphatic rings. The van der Waals surface area contributed by atoms with Gasteiger partial charge in [-0.2, -0.15) is 0 Å². The van der Waals surface area contributed by atoms with Crippen LogP contribution in [-0.4, -0.2) is 24.3 Å². The summed E-state index contributed by atoms with van der Waals surface area (Å²) in [6, 6.07) is 0.187. The lowest BCUT2D eigenvalue weighted by atomic mass is 9.86. The molecule has 0 aromatic carbocycles. The molecule has 1 atom stereocenters. The van der Waals surface area contributed by atoms with Crippen molar-refractivity contribution >= 4 is 0 Å². The predicted molar refractivity (Wildman–Crippen MR) is 57.8 cm³/mol. The average molecular weight is 187 g/mol. The molecule has 0 unspecified atom stereocenters. The molecule has 2 heteroatoms. The van der Waals surface area contributed by atoms with E-state index < -0.39 is 0 Å². The van der Waals surface area contributed by atoms with Crippen molar-refractivity contribution in [2.45, 2.75) is 47.6 Å². The molecule has 0 aromatic rings. The Labute approximate surface area is 82.7 Å². The van der Waals surface area contributed by atoms with Crippen molar-refractivity contribution < 1.29 is 5.11 Å². The van der Waals surface area contributed by atoms with Gasteiger partial charge in [0.05, 0.1) is 6.61 Å². The van der Waals surface area contributed by atoms with Crippen LogP contribution in [0.15, 0.2) is 0 Å². The fourth-order valence-corrected chi connectivity index (χ4v) is 1.07. The van der Waals surface area contributed by atoms with E-state index in [9.17, 15) is 5.11 Å². The van der Waals surface area contributed by atoms with E-state index in [0.29, 0.717) is 0 Å². The molecule has 0 heterocycles. The smallest absolute Gasteiger partial charge is 0.0589 e. The molecule has 0 amide bonds. The molecule has 0 rings (SSSR count). The van der Waals surface area contributed by atoms with Crippen molar-refractivity contribution in [1.82, 2.24) is 5.32 Å². The molecule has 80 valence electrons.